The van der Waals surface area contributed by atoms with Gasteiger partial charge in [-0.1, -0.05) is 71.7 Å². The van der Waals surface area contributed by atoms with Gasteiger partial charge in [-0.2, -0.15) is 0 Å². The third kappa shape index (κ3) is 8.19. The molecule has 2 aromatic heterocycles. The van der Waals surface area contributed by atoms with Gasteiger partial charge in [-0.25, -0.2) is 9.97 Å². The molecule has 9 heteroatoms. The van der Waals surface area contributed by atoms with Crippen molar-refractivity contribution in [2.45, 2.75) is 51.5 Å². The summed E-state index contributed by atoms with van der Waals surface area (Å²) in [7, 11) is 0. The fourth-order valence-corrected chi connectivity index (χ4v) is 4.87. The zero-order valence-corrected chi connectivity index (χ0v) is 26.5. The van der Waals surface area contributed by atoms with Gasteiger partial charge in [0, 0.05) is 45.0 Å². The molecule has 0 aliphatic carbocycles. The summed E-state index contributed by atoms with van der Waals surface area (Å²) in [5, 5.41) is 0.742. The van der Waals surface area contributed by atoms with Crippen LogP contribution in [-0.2, 0) is 26.0 Å². The van der Waals surface area contributed by atoms with Crippen LogP contribution in [0.1, 0.15) is 78.4 Å². The number of aromatic nitrogens is 4. The highest BCUT2D eigenvalue weighted by Crippen LogP contribution is 2.23. The summed E-state index contributed by atoms with van der Waals surface area (Å²) in [4.78, 5) is 8.83. The van der Waals surface area contributed by atoms with Crippen LogP contribution in [0.5, 0.6) is 0 Å². The Labute approximate surface area is 325 Å². The van der Waals surface area contributed by atoms with Crippen molar-refractivity contribution in [3.05, 3.63) is 130 Å². The topological polar surface area (TPSA) is 42.1 Å². The van der Waals surface area contributed by atoms with Crippen molar-refractivity contribution >= 4 is 57.6 Å². The van der Waals surface area contributed by atoms with Crippen LogP contribution in [0.2, 0.25) is 10.0 Å². The van der Waals surface area contributed by atoms with Crippen LogP contribution in [0, 0.1) is 0 Å². The maximum Gasteiger partial charge on any atom is 0.147 e. The summed E-state index contributed by atoms with van der Waals surface area (Å²) in [6.45, 7) is -21.8. The molecule has 244 valence electrons. The third-order valence-electron chi connectivity index (χ3n) is 6.71. The van der Waals surface area contributed by atoms with Crippen LogP contribution in [0.25, 0.3) is 22.1 Å². The lowest BCUT2D eigenvalue weighted by molar-refractivity contribution is 0.318. The minimum absolute atomic E-state index is 0.0419. The lowest BCUT2D eigenvalue weighted by Gasteiger charge is -2.16. The van der Waals surface area contributed by atoms with Crippen molar-refractivity contribution in [2.24, 2.45) is 0 Å². The highest BCUT2D eigenvalue weighted by Gasteiger charge is 2.19. The molecule has 0 amide bonds. The van der Waals surface area contributed by atoms with E-state index in [-0.39, 0.29) is 32.9 Å². The Bertz CT molecular complexity index is 2840. The number of benzene rings is 4. The number of hydrogen-bond acceptors (Lipinski definition) is 4. The van der Waals surface area contributed by atoms with E-state index in [0.29, 0.717) is 26.0 Å². The predicted octanol–water partition coefficient (Wildman–Crippen LogP) is 9.09. The van der Waals surface area contributed by atoms with E-state index >= 15 is 0 Å². The number of likely N-dealkylation sites (tertiary alicyclic amines) is 2. The molecule has 2 fully saturated rings. The molecule has 0 N–H and O–H groups in total. The Kier molecular flexibility index (Phi) is 5.15. The number of halogens is 3. The van der Waals surface area contributed by atoms with Crippen LogP contribution in [0.3, 0.4) is 0 Å². The van der Waals surface area contributed by atoms with Gasteiger partial charge in [0.1, 0.15) is 12.8 Å². The Hall–Kier alpha value is -3.39. The molecule has 4 heterocycles. The van der Waals surface area contributed by atoms with Crippen LogP contribution in [0.15, 0.2) is 97.1 Å². The first-order chi connectivity index (χ1) is 31.9. The van der Waals surface area contributed by atoms with Crippen molar-refractivity contribution in [1.29, 1.82) is 1.17 Å². The van der Waals surface area contributed by atoms with Crippen molar-refractivity contribution < 1.29 is 30.2 Å². The highest BCUT2D eigenvalue weighted by molar-refractivity contribution is 6.30. The minimum Gasteiger partial charge on any atom is -0.322 e. The number of rotatable bonds is 8. The molecule has 2 saturated heterocycles. The molecule has 0 radical (unpaired) electrons. The van der Waals surface area contributed by atoms with Crippen molar-refractivity contribution in [1.82, 2.24) is 28.9 Å². The van der Waals surface area contributed by atoms with Crippen LogP contribution in [0.4, 0.5) is 0 Å². The van der Waals surface area contributed by atoms with Crippen LogP contribution < -0.4 is 0 Å². The second kappa shape index (κ2) is 15.7. The smallest absolute Gasteiger partial charge is 0.147 e. The Morgan fingerprint density at radius 2 is 1.00 bits per heavy atom. The van der Waals surface area contributed by atoms with Gasteiger partial charge in [-0.3, -0.25) is 9.80 Å². The third-order valence-corrected chi connectivity index (χ3v) is 7.22. The lowest BCUT2D eigenvalue weighted by atomic mass is 10.2. The highest BCUT2D eigenvalue weighted by atomic mass is 35.5. The molecular formula is C38H41Cl3N6. The summed E-state index contributed by atoms with van der Waals surface area (Å²) in [5.41, 5.74) is 1.22. The number of imidazole rings is 2. The Morgan fingerprint density at radius 1 is 0.574 bits per heavy atom. The first-order valence-corrected chi connectivity index (χ1v) is 14.7. The van der Waals surface area contributed by atoms with Gasteiger partial charge in [0.05, 0.1) is 43.3 Å². The summed E-state index contributed by atoms with van der Waals surface area (Å²) in [5.74, 6) is -0.850. The number of nitrogens with zero attached hydrogens (tertiary/aromatic N) is 6. The molecule has 0 spiro atoms. The minimum atomic E-state index is -3.49. The molecule has 0 unspecified atom stereocenters. The molecule has 4 aromatic carbocycles. The SMILES string of the molecule is [2H]C([2H])(c1ccc(Cl)cc1)n1c(CN2C([2H])([2H])C([2H])([2H])C([2H])([2H])C2([2H])[2H])nc2ccccc21.[2H]C([2H])(c1nc2ccccc2n1C([2H])([2H])c1ccc(Cl)cc1)N1C([2H])([2H])C([2H])([2H])C([2H])([2H])C1([2H])[2H].[2H]Cl. The second-order valence-corrected chi connectivity index (χ2v) is 10.7. The van der Waals surface area contributed by atoms with Gasteiger partial charge in [0.15, 0.2) is 0 Å². The average Bonchev–Trinajstić information content (AvgIpc) is 3.89. The molecule has 47 heavy (non-hydrogen) atoms. The van der Waals surface area contributed by atoms with Crippen LogP contribution in [-0.4, -0.2) is 56.1 Å². The van der Waals surface area contributed by atoms with Gasteiger partial charge in [-0.15, -0.1) is 12.3 Å². The van der Waals surface area contributed by atoms with E-state index in [4.69, 9.17) is 54.5 Å². The number of para-hydroxylation sites is 4. The fraction of sp³-hybridized carbons (Fsp3) is 0.316. The monoisotopic (exact) mass is 709 g/mol. The largest absolute Gasteiger partial charge is 0.322 e. The summed E-state index contributed by atoms with van der Waals surface area (Å²) in [6, 6.07) is 24.3. The Balaban J connectivity index is 0.000000222. The first kappa shape index (κ1) is 15.4. The van der Waals surface area contributed by atoms with Gasteiger partial charge < -0.3 is 9.13 Å². The standard InChI is InChI=1S/2C19H20ClN3.ClH/c2*20-16-9-7-15(8-10-16)13-23-18-6-2-1-5-17(18)21-19(23)14-22-11-3-4-12-22;/h2*1-2,5-10H,3-4,11-14H2;1H/i3D2,4D2,11D2,12D2,13D2,14D2;3D2,4D2,11D2,12D2,13D2;/hD. The molecule has 0 saturated carbocycles. The molecular weight excluding hydrogens is 647 g/mol. The van der Waals surface area contributed by atoms with Crippen LogP contribution >= 0.6 is 35.5 Å². The summed E-state index contributed by atoms with van der Waals surface area (Å²) >= 11 is 15.8. The van der Waals surface area contributed by atoms with E-state index in [0.717, 1.165) is 4.57 Å². The summed E-state index contributed by atoms with van der Waals surface area (Å²) < 4.78 is 190. The van der Waals surface area contributed by atoms with Crippen molar-refractivity contribution in [3.63, 3.8) is 0 Å². The average molecular weight is 711 g/mol. The van der Waals surface area contributed by atoms with Gasteiger partial charge in [0.25, 0.3) is 0 Å². The lowest BCUT2D eigenvalue weighted by Crippen LogP contribution is -2.21. The molecule has 0 bridgehead atoms. The van der Waals surface area contributed by atoms with E-state index in [9.17, 15) is 0 Å². The van der Waals surface area contributed by atoms with Gasteiger partial charge in [0.2, 0.25) is 0 Å². The summed E-state index contributed by atoms with van der Waals surface area (Å²) in [6.07, 6.45) is -13.3. The molecule has 8 rings (SSSR count). The van der Waals surface area contributed by atoms with Crippen molar-refractivity contribution in [3.8, 4) is 0 Å². The molecule has 0 atom stereocenters. The molecule has 2 aliphatic rings. The fourth-order valence-electron chi connectivity index (χ4n) is 4.62. The van der Waals surface area contributed by atoms with E-state index < -0.39 is 83.3 Å². The molecule has 6 aromatic rings. The molecule has 6 nitrogen and oxygen atoms in total. The predicted molar refractivity (Wildman–Crippen MR) is 197 cm³/mol. The Morgan fingerprint density at radius 3 is 1.51 bits per heavy atom. The van der Waals surface area contributed by atoms with E-state index in [2.05, 4.69) is 22.3 Å². The zero-order valence-electron chi connectivity index (χ0n) is 47.3. The normalized spacial score (nSPS) is 31.8. The quantitative estimate of drug-likeness (QED) is 0.158. The van der Waals surface area contributed by atoms with Crippen molar-refractivity contribution in [2.75, 3.05) is 26.0 Å². The number of hydrogen-bond donors (Lipinski definition) is 0. The number of fused-ring (bicyclic) bond motifs is 2. The van der Waals surface area contributed by atoms with E-state index in [1.165, 1.54) is 65.2 Å². The van der Waals surface area contributed by atoms with E-state index in [1.54, 1.807) is 36.4 Å². The van der Waals surface area contributed by atoms with Gasteiger partial charge in [-0.05, 0) is 111 Å². The van der Waals surface area contributed by atoms with E-state index in [1.807, 2.05) is 0 Å². The maximum atomic E-state index is 8.85. The molecule has 2 aliphatic heterocycles. The van der Waals surface area contributed by atoms with Gasteiger partial charge >= 0.3 is 0 Å². The zero-order chi connectivity index (χ0) is 53.0. The maximum absolute atomic E-state index is 8.85. The first-order valence-electron chi connectivity index (χ1n) is 25.3. The second-order valence-electron chi connectivity index (χ2n) is 9.83.